The number of rotatable bonds is 5. The molecule has 0 N–H and O–H groups in total. The fourth-order valence-electron chi connectivity index (χ4n) is 2.08. The van der Waals surface area contributed by atoms with Crippen LogP contribution >= 0.6 is 25.3 Å². The van der Waals surface area contributed by atoms with Gasteiger partial charge in [-0.3, -0.25) is 9.98 Å². The maximum atomic E-state index is 4.57. The molecule has 4 heteroatoms. The third kappa shape index (κ3) is 5.25. The Kier molecular flexibility index (Phi) is 6.69. The smallest absolute Gasteiger partial charge is 0.0759 e. The van der Waals surface area contributed by atoms with Crippen LogP contribution in [0.25, 0.3) is 11.1 Å². The van der Waals surface area contributed by atoms with Crippen molar-refractivity contribution in [3.63, 3.8) is 0 Å². The van der Waals surface area contributed by atoms with E-state index in [2.05, 4.69) is 75.1 Å². The lowest BCUT2D eigenvalue weighted by atomic mass is 10.0. The van der Waals surface area contributed by atoms with Crippen molar-refractivity contribution in [2.75, 3.05) is 0 Å². The van der Waals surface area contributed by atoms with Crippen LogP contribution < -0.4 is 0 Å². The van der Waals surface area contributed by atoms with Gasteiger partial charge < -0.3 is 0 Å². The number of hydrogen-bond acceptors (Lipinski definition) is 4. The highest BCUT2D eigenvalue weighted by Gasteiger charge is 2.05. The van der Waals surface area contributed by atoms with E-state index in [9.17, 15) is 0 Å². The predicted octanol–water partition coefficient (Wildman–Crippen LogP) is 6.65. The van der Waals surface area contributed by atoms with Crippen molar-refractivity contribution in [1.82, 2.24) is 0 Å². The monoisotopic (exact) mass is 356 g/mol. The second-order valence-electron chi connectivity index (χ2n) is 6.45. The van der Waals surface area contributed by atoms with Gasteiger partial charge in [-0.25, -0.2) is 0 Å². The van der Waals surface area contributed by atoms with E-state index in [0.717, 1.165) is 32.3 Å². The lowest BCUT2D eigenvalue weighted by Crippen LogP contribution is -1.87. The molecule has 2 nitrogen and oxygen atoms in total. The van der Waals surface area contributed by atoms with Gasteiger partial charge in [0, 0.05) is 22.2 Å². The highest BCUT2D eigenvalue weighted by Crippen LogP contribution is 2.33. The molecule has 0 bridgehead atoms. The molecule has 0 saturated carbocycles. The van der Waals surface area contributed by atoms with E-state index in [1.54, 1.807) is 0 Å². The molecule has 0 unspecified atom stereocenters. The van der Waals surface area contributed by atoms with Crippen LogP contribution in [0.5, 0.6) is 0 Å². The maximum absolute atomic E-state index is 4.57. The lowest BCUT2D eigenvalue weighted by Gasteiger charge is -2.08. The molecule has 2 rings (SSSR count). The van der Waals surface area contributed by atoms with Gasteiger partial charge in [0.05, 0.1) is 11.4 Å². The first-order valence-corrected chi connectivity index (χ1v) is 9.01. The number of nitrogens with zero attached hydrogens (tertiary/aromatic N) is 2. The van der Waals surface area contributed by atoms with E-state index < -0.39 is 0 Å². The van der Waals surface area contributed by atoms with E-state index in [1.165, 1.54) is 0 Å². The molecule has 0 atom stereocenters. The summed E-state index contributed by atoms with van der Waals surface area (Å²) in [6.07, 6.45) is 3.87. The summed E-state index contributed by atoms with van der Waals surface area (Å²) in [5.74, 6) is 0.839. The summed E-state index contributed by atoms with van der Waals surface area (Å²) in [4.78, 5) is 10.7. The summed E-state index contributed by atoms with van der Waals surface area (Å²) in [7, 11) is 0. The summed E-state index contributed by atoms with van der Waals surface area (Å²) >= 11 is 9.13. The molecular formula is C20H24N2S2. The minimum Gasteiger partial charge on any atom is -0.260 e. The summed E-state index contributed by atoms with van der Waals surface area (Å²) in [5.41, 5.74) is 3.97. The third-order valence-corrected chi connectivity index (χ3v) is 4.02. The molecule has 24 heavy (non-hydrogen) atoms. The maximum Gasteiger partial charge on any atom is 0.0759 e. The molecule has 0 aliphatic rings. The molecule has 126 valence electrons. The third-order valence-electron chi connectivity index (χ3n) is 3.31. The van der Waals surface area contributed by atoms with Crippen molar-refractivity contribution >= 4 is 49.1 Å². The zero-order valence-electron chi connectivity index (χ0n) is 14.6. The molecule has 0 aliphatic heterocycles. The molecule has 2 aromatic carbocycles. The van der Waals surface area contributed by atoms with Gasteiger partial charge >= 0.3 is 0 Å². The van der Waals surface area contributed by atoms with Crippen LogP contribution in [0.1, 0.15) is 27.7 Å². The molecule has 0 aromatic heterocycles. The van der Waals surface area contributed by atoms with Gasteiger partial charge in [-0.2, -0.15) is 0 Å². The first kappa shape index (κ1) is 18.8. The van der Waals surface area contributed by atoms with Crippen LogP contribution in [0.2, 0.25) is 0 Å². The van der Waals surface area contributed by atoms with E-state index in [0.29, 0.717) is 11.8 Å². The second-order valence-corrected chi connectivity index (χ2v) is 7.41. The van der Waals surface area contributed by atoms with Crippen molar-refractivity contribution in [3.05, 3.63) is 36.4 Å². The predicted molar refractivity (Wildman–Crippen MR) is 112 cm³/mol. The summed E-state index contributed by atoms with van der Waals surface area (Å²) in [6, 6.07) is 12.2. The van der Waals surface area contributed by atoms with Crippen LogP contribution in [0.15, 0.2) is 56.2 Å². The fourth-order valence-corrected chi connectivity index (χ4v) is 2.63. The average molecular weight is 357 g/mol. The molecule has 0 saturated heterocycles. The van der Waals surface area contributed by atoms with Gasteiger partial charge in [0.1, 0.15) is 0 Å². The normalized spacial score (nSPS) is 12.2. The van der Waals surface area contributed by atoms with Crippen LogP contribution in [0.3, 0.4) is 0 Å². The topological polar surface area (TPSA) is 24.7 Å². The Hall–Kier alpha value is -1.52. The van der Waals surface area contributed by atoms with Crippen LogP contribution in [0.4, 0.5) is 11.4 Å². The van der Waals surface area contributed by atoms with E-state index in [-0.39, 0.29) is 0 Å². The van der Waals surface area contributed by atoms with E-state index in [4.69, 9.17) is 0 Å². The number of thiol groups is 2. The van der Waals surface area contributed by atoms with Gasteiger partial charge in [0.15, 0.2) is 0 Å². The second kappa shape index (κ2) is 8.54. The molecule has 0 amide bonds. The molecule has 0 spiro atoms. The average Bonchev–Trinajstić information content (AvgIpc) is 2.52. The Morgan fingerprint density at radius 3 is 1.38 bits per heavy atom. The van der Waals surface area contributed by atoms with Crippen LogP contribution in [-0.2, 0) is 0 Å². The summed E-state index contributed by atoms with van der Waals surface area (Å²) < 4.78 is 0. The first-order chi connectivity index (χ1) is 11.4. The fraction of sp³-hybridized carbons (Fsp3) is 0.300. The van der Waals surface area contributed by atoms with Crippen molar-refractivity contribution in [1.29, 1.82) is 0 Å². The highest BCUT2D eigenvalue weighted by molar-refractivity contribution is 7.80. The Labute approximate surface area is 156 Å². The zero-order chi connectivity index (χ0) is 17.7. The summed E-state index contributed by atoms with van der Waals surface area (Å²) in [5, 5.41) is 0. The first-order valence-electron chi connectivity index (χ1n) is 8.11. The van der Waals surface area contributed by atoms with Crippen molar-refractivity contribution < 1.29 is 0 Å². The quantitative estimate of drug-likeness (QED) is 0.443. The molecule has 0 fully saturated rings. The Morgan fingerprint density at radius 2 is 1.08 bits per heavy atom. The molecule has 2 aromatic rings. The molecule has 0 radical (unpaired) electrons. The molecule has 0 aliphatic carbocycles. The highest BCUT2D eigenvalue weighted by atomic mass is 32.1. The Balaban J connectivity index is 2.29. The number of aliphatic imine (C=N–C) groups is 2. The van der Waals surface area contributed by atoms with Gasteiger partial charge in [0.2, 0.25) is 0 Å². The Morgan fingerprint density at radius 1 is 0.708 bits per heavy atom. The number of benzene rings is 2. The minimum absolute atomic E-state index is 0.420. The van der Waals surface area contributed by atoms with Crippen molar-refractivity contribution in [3.8, 4) is 11.1 Å². The van der Waals surface area contributed by atoms with Gasteiger partial charge in [-0.05, 0) is 47.2 Å². The minimum atomic E-state index is 0.420. The van der Waals surface area contributed by atoms with Crippen LogP contribution in [0, 0.1) is 11.8 Å². The zero-order valence-corrected chi connectivity index (χ0v) is 16.4. The Bertz CT molecular complexity index is 697. The standard InChI is InChI=1S/C20H24N2S2/c1-13(2)11-21-17-7-5-15(9-19(17)23)16-6-8-18(20(24)10-16)22-12-14(3)4/h5-14,23-24H,1-4H3. The van der Waals surface area contributed by atoms with Crippen LogP contribution in [-0.4, -0.2) is 12.4 Å². The SMILES string of the molecule is CC(C)C=Nc1ccc(-c2ccc(N=CC(C)C)c(S)c2)cc1S. The van der Waals surface area contributed by atoms with E-state index in [1.807, 2.05) is 36.7 Å². The molecular weight excluding hydrogens is 332 g/mol. The van der Waals surface area contributed by atoms with E-state index >= 15 is 0 Å². The number of hydrogen-bond donors (Lipinski definition) is 2. The summed E-state index contributed by atoms with van der Waals surface area (Å²) in [6.45, 7) is 8.42. The van der Waals surface area contributed by atoms with Crippen molar-refractivity contribution in [2.45, 2.75) is 37.5 Å². The van der Waals surface area contributed by atoms with Gasteiger partial charge in [-0.1, -0.05) is 39.8 Å². The van der Waals surface area contributed by atoms with Gasteiger partial charge in [-0.15, -0.1) is 25.3 Å². The molecule has 0 heterocycles. The lowest BCUT2D eigenvalue weighted by molar-refractivity contribution is 0.907. The largest absolute Gasteiger partial charge is 0.260 e. The van der Waals surface area contributed by atoms with Gasteiger partial charge in [0.25, 0.3) is 0 Å². The van der Waals surface area contributed by atoms with Crippen molar-refractivity contribution in [2.24, 2.45) is 21.8 Å².